The molecule has 0 bridgehead atoms. The van der Waals surface area contributed by atoms with Crippen molar-refractivity contribution in [2.24, 2.45) is 0 Å². The number of ether oxygens (including phenoxy) is 9. The van der Waals surface area contributed by atoms with Crippen LogP contribution >= 0.6 is 0 Å². The number of rotatable bonds is 34. The number of carbonyl (C=O) groups is 2. The lowest BCUT2D eigenvalue weighted by Crippen LogP contribution is -2.26. The molecule has 58 heavy (non-hydrogen) atoms. The predicted octanol–water partition coefficient (Wildman–Crippen LogP) is -4.90. The van der Waals surface area contributed by atoms with E-state index in [0.717, 1.165) is 45.3 Å². The van der Waals surface area contributed by atoms with Crippen molar-refractivity contribution in [3.05, 3.63) is 0 Å². The van der Waals surface area contributed by atoms with Crippen LogP contribution in [-0.2, 0) is 52.2 Å². The molecule has 0 spiro atoms. The van der Waals surface area contributed by atoms with Gasteiger partial charge in [0.15, 0.2) is 0 Å². The highest BCUT2D eigenvalue weighted by atomic mass is 28.2. The van der Waals surface area contributed by atoms with Crippen molar-refractivity contribution < 1.29 is 82.9 Å². The summed E-state index contributed by atoms with van der Waals surface area (Å²) in [5.74, 6) is -0.760. The average Bonchev–Trinajstić information content (AvgIpc) is 3.21. The minimum Gasteiger partial charge on any atom is -0.463 e. The first-order chi connectivity index (χ1) is 27.8. The van der Waals surface area contributed by atoms with Crippen molar-refractivity contribution in [2.75, 3.05) is 113 Å². The minimum absolute atomic E-state index is 0.0240. The summed E-state index contributed by atoms with van der Waals surface area (Å²) in [6.45, 7) is 8.01. The molecule has 0 aromatic carbocycles. The van der Waals surface area contributed by atoms with Crippen LogP contribution in [0.5, 0.6) is 0 Å². The van der Waals surface area contributed by atoms with Gasteiger partial charge in [0.25, 0.3) is 0 Å². The molecule has 0 aliphatic heterocycles. The van der Waals surface area contributed by atoms with E-state index in [9.17, 15) is 14.7 Å². The standard InChI is InChI=1S/2C8H18O4Si.2C7H18O3Si.C6H16O3Si/c1-7(9)12-6-8(10)5-11-3-2-4-13;1-7(10)12-8(5-9)6-11-3-2-4-13;1-9-5-7(8)6-10-3-2-4-11;1-9-7(5-8)6-10-3-2-4-11;7-4-6(8)5-9-2-1-3-10/h8,10H,2-6H2,1,13H3;8-9H,2-6H2,1,13H3;2*7-8H,2-6H2,1,11H3;6-8H,1-5H2,10H3. The Morgan fingerprint density at radius 3 is 1.10 bits per heavy atom. The Kier molecular flexibility index (Phi) is 67.3. The monoisotopic (exact) mass is 932 g/mol. The second-order valence-corrected chi connectivity index (χ2v) is 18.0. The fourth-order valence-electron chi connectivity index (χ4n) is 3.43. The van der Waals surface area contributed by atoms with E-state index < -0.39 is 24.4 Å². The van der Waals surface area contributed by atoms with E-state index in [-0.39, 0.29) is 64.3 Å². The van der Waals surface area contributed by atoms with Gasteiger partial charge in [-0.05, 0) is 32.1 Å². The fraction of sp³-hybridized carbons (Fsp3) is 0.944. The minimum atomic E-state index is -0.700. The highest BCUT2D eigenvalue weighted by Crippen LogP contribution is 1.96. The Labute approximate surface area is 365 Å². The molecule has 0 aliphatic rings. The van der Waals surface area contributed by atoms with E-state index in [2.05, 4.69) is 4.74 Å². The maximum Gasteiger partial charge on any atom is 0.303 e. The van der Waals surface area contributed by atoms with Crippen LogP contribution < -0.4 is 0 Å². The topological polar surface area (TPSA) is 239 Å². The van der Waals surface area contributed by atoms with Gasteiger partial charge < -0.3 is 73.3 Å². The van der Waals surface area contributed by atoms with E-state index >= 15 is 0 Å². The van der Waals surface area contributed by atoms with E-state index in [1.54, 1.807) is 14.2 Å². The Balaban J connectivity index is -0.000000203. The van der Waals surface area contributed by atoms with Gasteiger partial charge in [-0.1, -0.05) is 30.2 Å². The van der Waals surface area contributed by atoms with Gasteiger partial charge in [0.1, 0.15) is 37.1 Å². The maximum absolute atomic E-state index is 10.5. The zero-order valence-electron chi connectivity index (χ0n) is 37.7. The van der Waals surface area contributed by atoms with Crippen molar-refractivity contribution in [1.82, 2.24) is 0 Å². The van der Waals surface area contributed by atoms with Gasteiger partial charge in [-0.15, -0.1) is 0 Å². The largest absolute Gasteiger partial charge is 0.463 e. The first-order valence-electron chi connectivity index (χ1n) is 20.9. The van der Waals surface area contributed by atoms with Crippen LogP contribution in [-0.4, -0.2) is 238 Å². The molecule has 17 nitrogen and oxygen atoms in total. The van der Waals surface area contributed by atoms with Crippen molar-refractivity contribution in [3.8, 4) is 0 Å². The number of aliphatic hydroxyl groups excluding tert-OH is 6. The zero-order valence-corrected chi connectivity index (χ0v) is 47.7. The zero-order chi connectivity index (χ0) is 45.1. The van der Waals surface area contributed by atoms with Crippen molar-refractivity contribution in [1.29, 1.82) is 0 Å². The molecule has 0 aromatic rings. The van der Waals surface area contributed by atoms with Crippen LogP contribution in [0, 0.1) is 0 Å². The Bertz CT molecular complexity index is 784. The van der Waals surface area contributed by atoms with Gasteiger partial charge >= 0.3 is 11.9 Å². The van der Waals surface area contributed by atoms with Gasteiger partial charge in [0.05, 0.1) is 59.5 Å². The third kappa shape index (κ3) is 67.3. The van der Waals surface area contributed by atoms with Gasteiger partial charge in [0, 0.05) is 112 Å². The predicted molar refractivity (Wildman–Crippen MR) is 245 cm³/mol. The molecule has 5 atom stereocenters. The second-order valence-electron chi connectivity index (χ2n) is 13.0. The van der Waals surface area contributed by atoms with Crippen molar-refractivity contribution in [3.63, 3.8) is 0 Å². The summed E-state index contributed by atoms with van der Waals surface area (Å²) in [5.41, 5.74) is 0. The van der Waals surface area contributed by atoms with E-state index in [0.29, 0.717) is 39.6 Å². The second kappa shape index (κ2) is 58.6. The lowest BCUT2D eigenvalue weighted by Gasteiger charge is -2.14. The Morgan fingerprint density at radius 2 is 0.810 bits per heavy atom. The molecule has 22 heteroatoms. The third-order valence-corrected chi connectivity index (χ3v) is 10.4. The Morgan fingerprint density at radius 1 is 0.466 bits per heavy atom. The molecule has 0 aliphatic carbocycles. The summed E-state index contributed by atoms with van der Waals surface area (Å²) >= 11 is 0. The van der Waals surface area contributed by atoms with Crippen molar-refractivity contribution >= 4 is 63.2 Å². The highest BCUT2D eigenvalue weighted by Gasteiger charge is 2.10. The third-order valence-electron chi connectivity index (χ3n) is 6.87. The van der Waals surface area contributed by atoms with E-state index in [1.165, 1.54) is 95.3 Å². The molecule has 354 valence electrons. The summed E-state index contributed by atoms with van der Waals surface area (Å²) in [4.78, 5) is 20.9. The molecule has 0 heterocycles. The fourth-order valence-corrected chi connectivity index (χ4v) is 4.87. The summed E-state index contributed by atoms with van der Waals surface area (Å²) in [5, 5.41) is 52.9. The van der Waals surface area contributed by atoms with Crippen molar-refractivity contribution in [2.45, 2.75) is 107 Å². The van der Waals surface area contributed by atoms with Gasteiger partial charge in [0.2, 0.25) is 0 Å². The summed E-state index contributed by atoms with van der Waals surface area (Å²) in [7, 11) is 9.22. The molecule has 5 unspecified atom stereocenters. The molecule has 0 saturated carbocycles. The summed E-state index contributed by atoms with van der Waals surface area (Å²) in [6.07, 6.45) is 2.90. The first-order valence-corrected chi connectivity index (χ1v) is 28.0. The van der Waals surface area contributed by atoms with Gasteiger partial charge in [-0.25, -0.2) is 0 Å². The number of esters is 2. The molecule has 0 rings (SSSR count). The van der Waals surface area contributed by atoms with E-state index in [4.69, 9.17) is 63.4 Å². The number of carbonyl (C=O) groups excluding carboxylic acids is 2. The molecule has 0 aromatic heterocycles. The molecule has 0 fully saturated rings. The SMILES string of the molecule is CC(=O)OC(CO)COCCC[SiH3].CC(=O)OCC(O)COCCC[SiH3].COC(CO)COCCC[SiH3].COCC(O)COCCC[SiH3].OCC(O)COCCC[SiH3]. The number of methoxy groups -OCH3 is 2. The first kappa shape index (κ1) is 66.6. The number of hydrogen-bond donors (Lipinski definition) is 6. The van der Waals surface area contributed by atoms with Crippen LogP contribution in [0.2, 0.25) is 30.2 Å². The average molecular weight is 934 g/mol. The molecular formula is C36H88O17Si5. The van der Waals surface area contributed by atoms with Crippen LogP contribution in [0.4, 0.5) is 0 Å². The van der Waals surface area contributed by atoms with Crippen LogP contribution in [0.1, 0.15) is 46.0 Å². The van der Waals surface area contributed by atoms with Crippen LogP contribution in [0.25, 0.3) is 0 Å². The van der Waals surface area contributed by atoms with E-state index in [1.807, 2.05) is 0 Å². The van der Waals surface area contributed by atoms with Gasteiger partial charge in [-0.2, -0.15) is 0 Å². The normalized spacial score (nSPS) is 13.3. The molecular weight excluding hydrogens is 845 g/mol. The smallest absolute Gasteiger partial charge is 0.303 e. The molecule has 0 saturated heterocycles. The number of hydrogen-bond acceptors (Lipinski definition) is 17. The summed E-state index contributed by atoms with van der Waals surface area (Å²) in [6, 6.07) is 6.18. The lowest BCUT2D eigenvalue weighted by molar-refractivity contribution is -0.152. The quantitative estimate of drug-likeness (QED) is 0.0202. The molecule has 0 amide bonds. The van der Waals surface area contributed by atoms with Gasteiger partial charge in [-0.3, -0.25) is 9.59 Å². The van der Waals surface area contributed by atoms with Crippen LogP contribution in [0.3, 0.4) is 0 Å². The van der Waals surface area contributed by atoms with Crippen LogP contribution in [0.15, 0.2) is 0 Å². The number of aliphatic hydroxyl groups is 6. The lowest BCUT2D eigenvalue weighted by atomic mass is 10.4. The maximum atomic E-state index is 10.5. The Hall–Kier alpha value is -0.496. The summed E-state index contributed by atoms with van der Waals surface area (Å²) < 4.78 is 44.9. The highest BCUT2D eigenvalue weighted by molar-refractivity contribution is 6.09. The molecule has 0 radical (unpaired) electrons. The molecule has 6 N–H and O–H groups in total.